The van der Waals surface area contributed by atoms with E-state index in [4.69, 9.17) is 11.6 Å². The second-order valence-electron chi connectivity index (χ2n) is 4.50. The summed E-state index contributed by atoms with van der Waals surface area (Å²) in [6.07, 6.45) is 0.837. The Morgan fingerprint density at radius 3 is 2.84 bits per heavy atom. The zero-order valence-electron chi connectivity index (χ0n) is 10.1. The summed E-state index contributed by atoms with van der Waals surface area (Å²) in [5.74, 6) is -0.260. The summed E-state index contributed by atoms with van der Waals surface area (Å²) in [6.45, 7) is 0.629. The molecule has 1 heterocycles. The van der Waals surface area contributed by atoms with E-state index >= 15 is 0 Å². The maximum absolute atomic E-state index is 12.5. The number of carbonyl (C=O) groups is 1. The number of para-hydroxylation sites is 1. The fourth-order valence-corrected chi connectivity index (χ4v) is 2.55. The zero-order chi connectivity index (χ0) is 13.4. The first-order valence-corrected chi connectivity index (χ1v) is 6.43. The van der Waals surface area contributed by atoms with Crippen molar-refractivity contribution >= 4 is 23.2 Å². The molecule has 0 aromatic heterocycles. The standard InChI is InChI=1S/C15H12ClNO2/c16-11-5-6-14(18)12(9-11)15(19)17-8-7-10-3-1-2-4-13(10)17/h1-6,9,18H,7-8H2. The van der Waals surface area contributed by atoms with Crippen LogP contribution in [0.15, 0.2) is 42.5 Å². The van der Waals surface area contributed by atoms with Crippen LogP contribution in [0.25, 0.3) is 0 Å². The second kappa shape index (κ2) is 4.59. The number of aromatic hydroxyl groups is 1. The van der Waals surface area contributed by atoms with E-state index in [0.717, 1.165) is 17.7 Å². The van der Waals surface area contributed by atoms with Crippen molar-refractivity contribution in [3.05, 3.63) is 58.6 Å². The Labute approximate surface area is 116 Å². The Balaban J connectivity index is 2.00. The van der Waals surface area contributed by atoms with Crippen molar-refractivity contribution in [2.45, 2.75) is 6.42 Å². The van der Waals surface area contributed by atoms with Gasteiger partial charge in [0.25, 0.3) is 5.91 Å². The molecule has 0 bridgehead atoms. The summed E-state index contributed by atoms with van der Waals surface area (Å²) in [6, 6.07) is 12.3. The summed E-state index contributed by atoms with van der Waals surface area (Å²) < 4.78 is 0. The van der Waals surface area contributed by atoms with E-state index in [1.54, 1.807) is 11.0 Å². The number of nitrogens with zero attached hydrogens (tertiary/aromatic N) is 1. The molecule has 1 amide bonds. The lowest BCUT2D eigenvalue weighted by Crippen LogP contribution is -2.28. The summed E-state index contributed by atoms with van der Waals surface area (Å²) in [7, 11) is 0. The number of phenolic OH excluding ortho intramolecular Hbond substituents is 1. The highest BCUT2D eigenvalue weighted by molar-refractivity contribution is 6.31. The van der Waals surface area contributed by atoms with Gasteiger partial charge in [0.15, 0.2) is 0 Å². The average Bonchev–Trinajstić information content (AvgIpc) is 2.84. The third kappa shape index (κ3) is 2.06. The Kier molecular flexibility index (Phi) is 2.91. The minimum atomic E-state index is -0.218. The number of fused-ring (bicyclic) bond motifs is 1. The molecule has 4 heteroatoms. The molecule has 96 valence electrons. The highest BCUT2D eigenvalue weighted by Gasteiger charge is 2.26. The van der Waals surface area contributed by atoms with Gasteiger partial charge in [-0.15, -0.1) is 0 Å². The predicted octanol–water partition coefficient (Wildman–Crippen LogP) is 3.25. The molecule has 0 fully saturated rings. The first kappa shape index (κ1) is 12.1. The number of benzene rings is 2. The monoisotopic (exact) mass is 273 g/mol. The van der Waals surface area contributed by atoms with Crippen LogP contribution in [0, 0.1) is 0 Å². The van der Waals surface area contributed by atoms with Crippen molar-refractivity contribution in [1.29, 1.82) is 0 Å². The number of rotatable bonds is 1. The number of halogens is 1. The van der Waals surface area contributed by atoms with Crippen molar-refractivity contribution in [2.75, 3.05) is 11.4 Å². The van der Waals surface area contributed by atoms with E-state index in [1.165, 1.54) is 12.1 Å². The van der Waals surface area contributed by atoms with Gasteiger partial charge < -0.3 is 10.0 Å². The zero-order valence-corrected chi connectivity index (χ0v) is 10.9. The lowest BCUT2D eigenvalue weighted by Gasteiger charge is -2.18. The van der Waals surface area contributed by atoms with Gasteiger partial charge in [0.1, 0.15) is 5.75 Å². The van der Waals surface area contributed by atoms with Crippen LogP contribution in [-0.4, -0.2) is 17.6 Å². The smallest absolute Gasteiger partial charge is 0.262 e. The lowest BCUT2D eigenvalue weighted by molar-refractivity contribution is 0.0987. The number of carbonyl (C=O) groups excluding carboxylic acids is 1. The highest BCUT2D eigenvalue weighted by atomic mass is 35.5. The van der Waals surface area contributed by atoms with E-state index < -0.39 is 0 Å². The van der Waals surface area contributed by atoms with Gasteiger partial charge in [0.2, 0.25) is 0 Å². The SMILES string of the molecule is O=C(c1cc(Cl)ccc1O)N1CCc2ccccc21. The van der Waals surface area contributed by atoms with Gasteiger partial charge in [-0.05, 0) is 36.2 Å². The summed E-state index contributed by atoms with van der Waals surface area (Å²) in [5.41, 5.74) is 2.30. The van der Waals surface area contributed by atoms with Crippen molar-refractivity contribution in [3.8, 4) is 5.75 Å². The Hall–Kier alpha value is -2.00. The quantitative estimate of drug-likeness (QED) is 0.866. The topological polar surface area (TPSA) is 40.5 Å². The van der Waals surface area contributed by atoms with E-state index in [1.807, 2.05) is 24.3 Å². The van der Waals surface area contributed by atoms with Crippen molar-refractivity contribution < 1.29 is 9.90 Å². The molecule has 1 aliphatic heterocycles. The summed E-state index contributed by atoms with van der Waals surface area (Å²) >= 11 is 5.89. The van der Waals surface area contributed by atoms with Crippen LogP contribution in [0.5, 0.6) is 5.75 Å². The number of anilines is 1. The van der Waals surface area contributed by atoms with Gasteiger partial charge in [0, 0.05) is 17.3 Å². The van der Waals surface area contributed by atoms with Gasteiger partial charge in [-0.3, -0.25) is 4.79 Å². The van der Waals surface area contributed by atoms with E-state index in [-0.39, 0.29) is 17.2 Å². The van der Waals surface area contributed by atoms with Crippen molar-refractivity contribution in [3.63, 3.8) is 0 Å². The number of hydrogen-bond acceptors (Lipinski definition) is 2. The first-order chi connectivity index (χ1) is 9.16. The molecule has 3 rings (SSSR count). The minimum absolute atomic E-state index is 0.0428. The van der Waals surface area contributed by atoms with Gasteiger partial charge >= 0.3 is 0 Å². The minimum Gasteiger partial charge on any atom is -0.507 e. The van der Waals surface area contributed by atoms with Gasteiger partial charge in [-0.1, -0.05) is 29.8 Å². The molecular formula is C15H12ClNO2. The maximum atomic E-state index is 12.5. The molecule has 0 atom stereocenters. The largest absolute Gasteiger partial charge is 0.507 e. The number of hydrogen-bond donors (Lipinski definition) is 1. The molecule has 1 N–H and O–H groups in total. The molecule has 0 radical (unpaired) electrons. The first-order valence-electron chi connectivity index (χ1n) is 6.05. The van der Waals surface area contributed by atoms with Crippen LogP contribution >= 0.6 is 11.6 Å². The van der Waals surface area contributed by atoms with Crippen LogP contribution < -0.4 is 4.90 Å². The molecular weight excluding hydrogens is 262 g/mol. The molecule has 1 aliphatic rings. The molecule has 0 aliphatic carbocycles. The Morgan fingerprint density at radius 2 is 2.00 bits per heavy atom. The molecule has 2 aromatic rings. The maximum Gasteiger partial charge on any atom is 0.262 e. The lowest BCUT2D eigenvalue weighted by atomic mass is 10.1. The van der Waals surface area contributed by atoms with E-state index in [0.29, 0.717) is 11.6 Å². The molecule has 2 aromatic carbocycles. The predicted molar refractivity (Wildman–Crippen MR) is 74.9 cm³/mol. The molecule has 0 unspecified atom stereocenters. The molecule has 0 saturated heterocycles. The van der Waals surface area contributed by atoms with Crippen LogP contribution in [-0.2, 0) is 6.42 Å². The average molecular weight is 274 g/mol. The second-order valence-corrected chi connectivity index (χ2v) is 4.93. The molecule has 0 spiro atoms. The van der Waals surface area contributed by atoms with Crippen LogP contribution in [0.3, 0.4) is 0 Å². The normalized spacial score (nSPS) is 13.4. The molecule has 3 nitrogen and oxygen atoms in total. The Morgan fingerprint density at radius 1 is 1.21 bits per heavy atom. The van der Waals surface area contributed by atoms with Crippen LogP contribution in [0.2, 0.25) is 5.02 Å². The Bertz CT molecular complexity index is 654. The summed E-state index contributed by atoms with van der Waals surface area (Å²) in [4.78, 5) is 14.2. The number of amides is 1. The fraction of sp³-hybridized carbons (Fsp3) is 0.133. The summed E-state index contributed by atoms with van der Waals surface area (Å²) in [5, 5.41) is 10.2. The fourth-order valence-electron chi connectivity index (χ4n) is 2.37. The van der Waals surface area contributed by atoms with E-state index in [2.05, 4.69) is 0 Å². The third-order valence-electron chi connectivity index (χ3n) is 3.32. The van der Waals surface area contributed by atoms with Crippen molar-refractivity contribution in [1.82, 2.24) is 0 Å². The molecule has 19 heavy (non-hydrogen) atoms. The van der Waals surface area contributed by atoms with Crippen molar-refractivity contribution in [2.24, 2.45) is 0 Å². The number of phenols is 1. The molecule has 0 saturated carbocycles. The van der Waals surface area contributed by atoms with E-state index in [9.17, 15) is 9.90 Å². The third-order valence-corrected chi connectivity index (χ3v) is 3.56. The van der Waals surface area contributed by atoms with Gasteiger partial charge in [-0.2, -0.15) is 0 Å². The van der Waals surface area contributed by atoms with Gasteiger partial charge in [-0.25, -0.2) is 0 Å². The van der Waals surface area contributed by atoms with Crippen LogP contribution in [0.4, 0.5) is 5.69 Å². The van der Waals surface area contributed by atoms with Gasteiger partial charge in [0.05, 0.1) is 5.56 Å². The van der Waals surface area contributed by atoms with Crippen LogP contribution in [0.1, 0.15) is 15.9 Å². The highest BCUT2D eigenvalue weighted by Crippen LogP contribution is 2.31.